The van der Waals surface area contributed by atoms with E-state index in [0.29, 0.717) is 6.42 Å². The largest absolute Gasteiger partial charge is 0.290 e. The summed E-state index contributed by atoms with van der Waals surface area (Å²) in [7, 11) is 0. The number of aromatic nitrogens is 1. The van der Waals surface area contributed by atoms with Gasteiger partial charge in [0.25, 0.3) is 0 Å². The molecule has 0 amide bonds. The van der Waals surface area contributed by atoms with Crippen molar-refractivity contribution in [2.75, 3.05) is 0 Å². The third-order valence-electron chi connectivity index (χ3n) is 4.09. The second kappa shape index (κ2) is 5.65. The molecule has 0 saturated heterocycles. The van der Waals surface area contributed by atoms with E-state index in [4.69, 9.17) is 4.98 Å². The minimum Gasteiger partial charge on any atom is -0.290 e. The van der Waals surface area contributed by atoms with Gasteiger partial charge in [0, 0.05) is 22.9 Å². The minimum absolute atomic E-state index is 0.0558. The van der Waals surface area contributed by atoms with Crippen LogP contribution in [0.1, 0.15) is 11.1 Å². The fraction of sp³-hybridized carbons (Fsp3) is 0.0476. The van der Waals surface area contributed by atoms with Crippen LogP contribution in [0.25, 0.3) is 22.2 Å². The van der Waals surface area contributed by atoms with Gasteiger partial charge in [-0.05, 0) is 29.8 Å². The van der Waals surface area contributed by atoms with Gasteiger partial charge in [-0.1, -0.05) is 54.6 Å². The van der Waals surface area contributed by atoms with Crippen molar-refractivity contribution in [1.82, 2.24) is 4.98 Å². The van der Waals surface area contributed by atoms with Crippen LogP contribution in [-0.4, -0.2) is 4.98 Å². The lowest BCUT2D eigenvalue weighted by Gasteiger charge is -1.98. The van der Waals surface area contributed by atoms with E-state index in [2.05, 4.69) is 0 Å². The van der Waals surface area contributed by atoms with Gasteiger partial charge in [0.05, 0.1) is 11.2 Å². The van der Waals surface area contributed by atoms with Crippen LogP contribution in [-0.2, 0) is 6.42 Å². The van der Waals surface area contributed by atoms with E-state index >= 15 is 0 Å². The van der Waals surface area contributed by atoms with Crippen LogP contribution < -0.4 is 5.43 Å². The van der Waals surface area contributed by atoms with Crippen LogP contribution in [0.15, 0.2) is 83.7 Å². The summed E-state index contributed by atoms with van der Waals surface area (Å²) < 4.78 is 0. The van der Waals surface area contributed by atoms with Gasteiger partial charge in [0.2, 0.25) is 0 Å². The number of hydrogen-bond acceptors (Lipinski definition) is 2. The van der Waals surface area contributed by atoms with Crippen molar-refractivity contribution in [3.63, 3.8) is 0 Å². The zero-order valence-electron chi connectivity index (χ0n) is 12.6. The summed E-state index contributed by atoms with van der Waals surface area (Å²) in [5.74, 6) is 0. The molecule has 0 bridgehead atoms. The maximum absolute atomic E-state index is 12.4. The van der Waals surface area contributed by atoms with E-state index in [-0.39, 0.29) is 5.43 Å². The SMILES string of the molecule is O=c1ccc2c3cccccc-3nc2cc1Cc1ccccc1. The first-order valence-electron chi connectivity index (χ1n) is 7.67. The summed E-state index contributed by atoms with van der Waals surface area (Å²) >= 11 is 0. The molecule has 0 radical (unpaired) electrons. The Morgan fingerprint density at radius 2 is 1.52 bits per heavy atom. The van der Waals surface area contributed by atoms with Crippen molar-refractivity contribution in [1.29, 1.82) is 0 Å². The predicted octanol–water partition coefficient (Wildman–Crippen LogP) is 4.29. The first-order chi connectivity index (χ1) is 11.3. The number of nitrogens with zero attached hydrogens (tertiary/aromatic N) is 1. The average molecular weight is 297 g/mol. The van der Waals surface area contributed by atoms with Gasteiger partial charge in [-0.25, -0.2) is 4.98 Å². The minimum atomic E-state index is 0.0558. The second-order valence-electron chi connectivity index (χ2n) is 5.65. The quantitative estimate of drug-likeness (QED) is 0.552. The monoisotopic (exact) mass is 297 g/mol. The number of fused-ring (bicyclic) bond motifs is 3. The predicted molar refractivity (Wildman–Crippen MR) is 93.9 cm³/mol. The van der Waals surface area contributed by atoms with Crippen molar-refractivity contribution < 1.29 is 0 Å². The van der Waals surface area contributed by atoms with Gasteiger partial charge in [0.15, 0.2) is 5.43 Å². The molecule has 0 saturated carbocycles. The molecule has 2 heteroatoms. The van der Waals surface area contributed by atoms with Gasteiger partial charge >= 0.3 is 0 Å². The lowest BCUT2D eigenvalue weighted by atomic mass is 10.1. The maximum atomic E-state index is 12.4. The van der Waals surface area contributed by atoms with E-state index in [1.807, 2.05) is 72.8 Å². The van der Waals surface area contributed by atoms with Gasteiger partial charge in [-0.15, -0.1) is 0 Å². The van der Waals surface area contributed by atoms with Crippen LogP contribution in [0, 0.1) is 0 Å². The van der Waals surface area contributed by atoms with Crippen molar-refractivity contribution in [3.05, 3.63) is 100 Å². The Hall–Kier alpha value is -3.00. The summed E-state index contributed by atoms with van der Waals surface area (Å²) in [5.41, 5.74) is 4.87. The summed E-state index contributed by atoms with van der Waals surface area (Å²) in [4.78, 5) is 17.1. The standard InChI is InChI=1S/C21H15NO/c23-21-12-11-18-17-9-5-2-6-10-19(17)22-20(18)14-16(21)13-15-7-3-1-4-8-15/h1-12,14H,13H2. The van der Waals surface area contributed by atoms with E-state index in [1.165, 1.54) is 0 Å². The number of rotatable bonds is 2. The highest BCUT2D eigenvalue weighted by molar-refractivity contribution is 5.96. The van der Waals surface area contributed by atoms with E-state index in [1.54, 1.807) is 6.07 Å². The van der Waals surface area contributed by atoms with Gasteiger partial charge < -0.3 is 0 Å². The molecule has 0 fully saturated rings. The molecule has 2 aliphatic rings. The normalized spacial score (nSPS) is 11.0. The molecule has 4 rings (SSSR count). The smallest absolute Gasteiger partial charge is 0.182 e. The van der Waals surface area contributed by atoms with Crippen LogP contribution in [0.5, 0.6) is 0 Å². The molecular weight excluding hydrogens is 282 g/mol. The van der Waals surface area contributed by atoms with E-state index in [9.17, 15) is 4.79 Å². The van der Waals surface area contributed by atoms with Gasteiger partial charge in [-0.3, -0.25) is 4.79 Å². The lowest BCUT2D eigenvalue weighted by molar-refractivity contribution is 1.18. The fourth-order valence-corrected chi connectivity index (χ4v) is 2.93. The maximum Gasteiger partial charge on any atom is 0.182 e. The highest BCUT2D eigenvalue weighted by atomic mass is 16.1. The van der Waals surface area contributed by atoms with Gasteiger partial charge in [0.1, 0.15) is 0 Å². The lowest BCUT2D eigenvalue weighted by Crippen LogP contribution is -2.04. The molecule has 23 heavy (non-hydrogen) atoms. The first kappa shape index (κ1) is 13.6. The molecule has 0 unspecified atom stereocenters. The molecule has 0 spiro atoms. The fourth-order valence-electron chi connectivity index (χ4n) is 2.93. The zero-order valence-corrected chi connectivity index (χ0v) is 12.6. The molecule has 0 aromatic heterocycles. The van der Waals surface area contributed by atoms with Gasteiger partial charge in [-0.2, -0.15) is 0 Å². The zero-order chi connectivity index (χ0) is 15.6. The highest BCUT2D eigenvalue weighted by Gasteiger charge is 2.10. The van der Waals surface area contributed by atoms with Crippen LogP contribution >= 0.6 is 0 Å². The third-order valence-corrected chi connectivity index (χ3v) is 4.09. The Morgan fingerprint density at radius 3 is 2.35 bits per heavy atom. The second-order valence-corrected chi connectivity index (χ2v) is 5.65. The topological polar surface area (TPSA) is 30.0 Å². The molecule has 1 aliphatic carbocycles. The molecular formula is C21H15NO. The van der Waals surface area contributed by atoms with Crippen molar-refractivity contribution in [3.8, 4) is 11.3 Å². The molecule has 1 aliphatic heterocycles. The Morgan fingerprint density at radius 1 is 0.783 bits per heavy atom. The van der Waals surface area contributed by atoms with Crippen molar-refractivity contribution in [2.45, 2.75) is 6.42 Å². The Labute approximate surface area is 134 Å². The molecule has 1 heterocycles. The molecule has 2 nitrogen and oxygen atoms in total. The Kier molecular flexibility index (Phi) is 3.35. The number of hydrogen-bond donors (Lipinski definition) is 0. The Balaban J connectivity index is 1.93. The Bertz CT molecular complexity index is 1010. The van der Waals surface area contributed by atoms with Crippen molar-refractivity contribution >= 4 is 10.9 Å². The highest BCUT2D eigenvalue weighted by Crippen LogP contribution is 2.29. The van der Waals surface area contributed by atoms with Crippen molar-refractivity contribution in [2.24, 2.45) is 0 Å². The third kappa shape index (κ3) is 2.59. The summed E-state index contributed by atoms with van der Waals surface area (Å²) in [6, 6.07) is 25.6. The molecule has 2 aromatic carbocycles. The van der Waals surface area contributed by atoms with Crippen LogP contribution in [0.4, 0.5) is 0 Å². The molecule has 0 N–H and O–H groups in total. The molecule has 0 atom stereocenters. The molecule has 2 aromatic rings. The summed E-state index contributed by atoms with van der Waals surface area (Å²) in [6.07, 6.45) is 0.625. The number of benzene rings is 1. The van der Waals surface area contributed by atoms with E-state index in [0.717, 1.165) is 33.3 Å². The molecule has 110 valence electrons. The average Bonchev–Trinajstić information content (AvgIpc) is 2.71. The van der Waals surface area contributed by atoms with Crippen LogP contribution in [0.2, 0.25) is 0 Å². The van der Waals surface area contributed by atoms with E-state index < -0.39 is 0 Å². The van der Waals surface area contributed by atoms with Crippen LogP contribution in [0.3, 0.4) is 0 Å². The first-order valence-corrected chi connectivity index (χ1v) is 7.67. The summed E-state index contributed by atoms with van der Waals surface area (Å²) in [6.45, 7) is 0. The summed E-state index contributed by atoms with van der Waals surface area (Å²) in [5, 5.41) is 1.02.